The number of likely N-dealkylation sites (N-methyl/N-ethyl adjacent to an activating group) is 1. The second-order valence-electron chi connectivity index (χ2n) is 10.8. The molecular formula is C28H45ClN4O3. The molecule has 202 valence electrons. The summed E-state index contributed by atoms with van der Waals surface area (Å²) in [5, 5.41) is 22.0. The van der Waals surface area contributed by atoms with Crippen molar-refractivity contribution in [2.75, 3.05) is 33.2 Å². The molecular weight excluding hydrogens is 476 g/mol. The van der Waals surface area contributed by atoms with E-state index in [2.05, 4.69) is 16.0 Å². The molecule has 1 saturated carbocycles. The van der Waals surface area contributed by atoms with Crippen molar-refractivity contribution in [1.29, 1.82) is 0 Å². The molecule has 3 amide bonds. The van der Waals surface area contributed by atoms with Crippen LogP contribution < -0.4 is 16.0 Å². The maximum atomic E-state index is 13.4. The van der Waals surface area contributed by atoms with Crippen LogP contribution >= 0.6 is 11.6 Å². The topological polar surface area (TPSA) is 93.7 Å². The number of rotatable bonds is 11. The van der Waals surface area contributed by atoms with Crippen molar-refractivity contribution >= 4 is 23.5 Å². The SMILES string of the molecule is CNC[C@H](CC1CCCCC1)NC(=O)N1CCC[C@@H]([C@@](O)(CCCNC(C)=O)c2cccc(Cl)c2)C1. The van der Waals surface area contributed by atoms with Crippen LogP contribution in [0.2, 0.25) is 5.02 Å². The lowest BCUT2D eigenvalue weighted by atomic mass is 9.74. The minimum Gasteiger partial charge on any atom is -0.385 e. The van der Waals surface area contributed by atoms with E-state index < -0.39 is 5.60 Å². The van der Waals surface area contributed by atoms with E-state index in [1.807, 2.05) is 30.1 Å². The van der Waals surface area contributed by atoms with Crippen molar-refractivity contribution < 1.29 is 14.7 Å². The van der Waals surface area contributed by atoms with E-state index >= 15 is 0 Å². The lowest BCUT2D eigenvalue weighted by molar-refractivity contribution is -0.119. The maximum absolute atomic E-state index is 13.4. The van der Waals surface area contributed by atoms with Gasteiger partial charge in [0.25, 0.3) is 0 Å². The number of likely N-dealkylation sites (tertiary alicyclic amines) is 1. The van der Waals surface area contributed by atoms with E-state index in [-0.39, 0.29) is 23.9 Å². The second-order valence-corrected chi connectivity index (χ2v) is 11.2. The van der Waals surface area contributed by atoms with E-state index in [0.717, 1.165) is 31.4 Å². The zero-order chi connectivity index (χ0) is 26.0. The van der Waals surface area contributed by atoms with Gasteiger partial charge in [0, 0.05) is 50.1 Å². The third-order valence-electron chi connectivity index (χ3n) is 7.94. The van der Waals surface area contributed by atoms with Gasteiger partial charge in [0.2, 0.25) is 5.91 Å². The van der Waals surface area contributed by atoms with Crippen LogP contribution in [-0.2, 0) is 10.4 Å². The van der Waals surface area contributed by atoms with Crippen LogP contribution in [0.1, 0.15) is 76.7 Å². The largest absolute Gasteiger partial charge is 0.385 e. The molecule has 1 aromatic rings. The molecule has 3 atom stereocenters. The fourth-order valence-corrected chi connectivity index (χ4v) is 6.24. The fourth-order valence-electron chi connectivity index (χ4n) is 6.05. The molecule has 2 aliphatic rings. The van der Waals surface area contributed by atoms with E-state index in [1.165, 1.54) is 39.0 Å². The monoisotopic (exact) mass is 520 g/mol. The Bertz CT molecular complexity index is 848. The number of aliphatic hydroxyl groups is 1. The van der Waals surface area contributed by atoms with E-state index in [1.54, 1.807) is 6.07 Å². The van der Waals surface area contributed by atoms with Gasteiger partial charge in [0.1, 0.15) is 0 Å². The molecule has 0 aromatic heterocycles. The van der Waals surface area contributed by atoms with Crippen molar-refractivity contribution in [3.05, 3.63) is 34.9 Å². The van der Waals surface area contributed by atoms with Crippen molar-refractivity contribution in [3.63, 3.8) is 0 Å². The Morgan fingerprint density at radius 3 is 2.67 bits per heavy atom. The first-order valence-electron chi connectivity index (χ1n) is 13.7. The zero-order valence-corrected chi connectivity index (χ0v) is 22.8. The second kappa shape index (κ2) is 14.2. The summed E-state index contributed by atoms with van der Waals surface area (Å²) in [5.74, 6) is 0.489. The number of carbonyl (C=O) groups is 2. The average Bonchev–Trinajstić information content (AvgIpc) is 2.87. The van der Waals surface area contributed by atoms with Crippen molar-refractivity contribution in [3.8, 4) is 0 Å². The highest BCUT2D eigenvalue weighted by molar-refractivity contribution is 6.30. The Labute approximate surface area is 221 Å². The minimum absolute atomic E-state index is 0.0394. The van der Waals surface area contributed by atoms with E-state index in [4.69, 9.17) is 11.6 Å². The molecule has 36 heavy (non-hydrogen) atoms. The molecule has 1 aliphatic carbocycles. The van der Waals surface area contributed by atoms with Crippen molar-refractivity contribution in [1.82, 2.24) is 20.9 Å². The Morgan fingerprint density at radius 2 is 1.97 bits per heavy atom. The van der Waals surface area contributed by atoms with Crippen LogP contribution in [0.3, 0.4) is 0 Å². The van der Waals surface area contributed by atoms with Gasteiger partial charge in [0.05, 0.1) is 5.60 Å². The van der Waals surface area contributed by atoms with Gasteiger partial charge >= 0.3 is 6.03 Å². The van der Waals surface area contributed by atoms with E-state index in [0.29, 0.717) is 43.4 Å². The van der Waals surface area contributed by atoms with Gasteiger partial charge in [-0.3, -0.25) is 4.79 Å². The first-order chi connectivity index (χ1) is 17.3. The molecule has 0 radical (unpaired) electrons. The average molecular weight is 521 g/mol. The van der Waals surface area contributed by atoms with Gasteiger partial charge in [-0.15, -0.1) is 0 Å². The molecule has 1 saturated heterocycles. The Hall–Kier alpha value is -1.83. The standard InChI is InChI=1S/C28H45ClN4O3/c1-21(34)31-15-8-14-28(36,23-11-6-13-25(29)18-23)24-12-7-16-33(20-24)27(35)32-26(19-30-2)17-22-9-4-3-5-10-22/h6,11,13,18,22,24,26,30,36H,3-5,7-10,12,14-17,19-20H2,1-2H3,(H,31,34)(H,32,35)/t24-,26+,28-/m1/s1. The molecule has 0 bridgehead atoms. The zero-order valence-electron chi connectivity index (χ0n) is 22.0. The van der Waals surface area contributed by atoms with Crippen LogP contribution in [0, 0.1) is 11.8 Å². The Kier molecular flexibility index (Phi) is 11.3. The predicted molar refractivity (Wildman–Crippen MR) is 145 cm³/mol. The molecule has 8 heteroatoms. The number of hydrogen-bond donors (Lipinski definition) is 4. The van der Waals surface area contributed by atoms with Gasteiger partial charge in [0.15, 0.2) is 0 Å². The summed E-state index contributed by atoms with van der Waals surface area (Å²) >= 11 is 6.29. The molecule has 0 spiro atoms. The number of carbonyl (C=O) groups excluding carboxylic acids is 2. The quantitative estimate of drug-likeness (QED) is 0.325. The maximum Gasteiger partial charge on any atom is 0.317 e. The number of benzene rings is 1. The van der Waals surface area contributed by atoms with Gasteiger partial charge in [-0.1, -0.05) is 55.8 Å². The highest BCUT2D eigenvalue weighted by Gasteiger charge is 2.41. The lowest BCUT2D eigenvalue weighted by Gasteiger charge is -2.43. The lowest BCUT2D eigenvalue weighted by Crippen LogP contribution is -2.54. The summed E-state index contributed by atoms with van der Waals surface area (Å²) in [7, 11) is 1.93. The molecule has 3 rings (SSSR count). The van der Waals surface area contributed by atoms with Gasteiger partial charge in [-0.2, -0.15) is 0 Å². The Morgan fingerprint density at radius 1 is 1.19 bits per heavy atom. The fraction of sp³-hybridized carbons (Fsp3) is 0.714. The normalized spacial score (nSPS) is 21.4. The van der Waals surface area contributed by atoms with Crippen LogP contribution in [0.5, 0.6) is 0 Å². The third-order valence-corrected chi connectivity index (χ3v) is 8.17. The van der Waals surface area contributed by atoms with Crippen LogP contribution in [-0.4, -0.2) is 61.2 Å². The number of piperidine rings is 1. The number of amides is 3. The number of nitrogens with one attached hydrogen (secondary N) is 3. The summed E-state index contributed by atoms with van der Waals surface area (Å²) in [4.78, 5) is 26.6. The highest BCUT2D eigenvalue weighted by atomic mass is 35.5. The number of hydrogen-bond acceptors (Lipinski definition) is 4. The molecule has 2 fully saturated rings. The summed E-state index contributed by atoms with van der Waals surface area (Å²) in [6, 6.07) is 7.47. The van der Waals surface area contributed by atoms with Gasteiger partial charge < -0.3 is 26.0 Å². The van der Waals surface area contributed by atoms with Gasteiger partial charge in [-0.05, 0) is 62.8 Å². The van der Waals surface area contributed by atoms with Crippen molar-refractivity contribution in [2.45, 2.75) is 82.8 Å². The van der Waals surface area contributed by atoms with E-state index in [9.17, 15) is 14.7 Å². The summed E-state index contributed by atoms with van der Waals surface area (Å²) in [6.45, 7) is 3.94. The first kappa shape index (κ1) is 28.7. The smallest absolute Gasteiger partial charge is 0.317 e. The number of nitrogens with zero attached hydrogens (tertiary/aromatic N) is 1. The molecule has 1 aromatic carbocycles. The Balaban J connectivity index is 1.68. The summed E-state index contributed by atoms with van der Waals surface area (Å²) in [6.07, 6.45) is 10.2. The summed E-state index contributed by atoms with van der Waals surface area (Å²) < 4.78 is 0. The number of halogens is 1. The van der Waals surface area contributed by atoms with Crippen LogP contribution in [0.4, 0.5) is 4.79 Å². The van der Waals surface area contributed by atoms with Crippen molar-refractivity contribution in [2.24, 2.45) is 11.8 Å². The summed E-state index contributed by atoms with van der Waals surface area (Å²) in [5.41, 5.74) is -0.357. The first-order valence-corrected chi connectivity index (χ1v) is 14.1. The van der Waals surface area contributed by atoms with Crippen LogP contribution in [0.15, 0.2) is 24.3 Å². The molecule has 1 heterocycles. The predicted octanol–water partition coefficient (Wildman–Crippen LogP) is 4.42. The molecule has 4 N–H and O–H groups in total. The molecule has 1 aliphatic heterocycles. The molecule has 7 nitrogen and oxygen atoms in total. The molecule has 0 unspecified atom stereocenters. The number of urea groups is 1. The van der Waals surface area contributed by atoms with Gasteiger partial charge in [-0.25, -0.2) is 4.79 Å². The minimum atomic E-state index is -1.13. The third kappa shape index (κ3) is 8.35. The highest BCUT2D eigenvalue weighted by Crippen LogP contribution is 2.40. The van der Waals surface area contributed by atoms with Crippen LogP contribution in [0.25, 0.3) is 0 Å².